The molecule has 0 aromatic rings. The summed E-state index contributed by atoms with van der Waals surface area (Å²) in [5.74, 6) is -0.477. The molecule has 0 amide bonds. The Morgan fingerprint density at radius 2 is 0.869 bits per heavy atom. The van der Waals surface area contributed by atoms with Crippen LogP contribution in [-0.2, 0) is 27.9 Å². The Kier molecular flexibility index (Phi) is 37.6. The minimum absolute atomic E-state index is 0.0723. The Morgan fingerprint density at radius 1 is 0.508 bits per heavy atom. The van der Waals surface area contributed by atoms with Crippen molar-refractivity contribution in [2.24, 2.45) is 0 Å². The lowest BCUT2D eigenvalue weighted by Crippen LogP contribution is -2.64. The fraction of sp³-hybridized carbons (Fsp3) is 0.938. The Bertz CT molecular complexity index is 1060. The third kappa shape index (κ3) is 31.6. The van der Waals surface area contributed by atoms with Gasteiger partial charge >= 0.3 is 13.8 Å². The van der Waals surface area contributed by atoms with Crippen molar-refractivity contribution >= 4 is 13.8 Å². The van der Waals surface area contributed by atoms with Gasteiger partial charge in [0.05, 0.1) is 13.2 Å². The van der Waals surface area contributed by atoms with Crippen molar-refractivity contribution in [1.29, 1.82) is 0 Å². The number of hydrogen-bond acceptors (Lipinski definition) is 11. The molecular weight excluding hydrogens is 799 g/mol. The molecule has 6 unspecified atom stereocenters. The van der Waals surface area contributed by atoms with Gasteiger partial charge in [-0.05, 0) is 38.5 Å². The zero-order chi connectivity index (χ0) is 44.8. The van der Waals surface area contributed by atoms with Gasteiger partial charge in [0, 0.05) is 13.0 Å². The molecule has 0 radical (unpaired) electrons. The fourth-order valence-electron chi connectivity index (χ4n) is 7.88. The summed E-state index contributed by atoms with van der Waals surface area (Å²) in [7, 11) is -5.02. The molecule has 1 fully saturated rings. The molecule has 0 bridgehead atoms. The first-order valence-electron chi connectivity index (χ1n) is 25.0. The highest BCUT2D eigenvalue weighted by atomic mass is 31.2. The lowest BCUT2D eigenvalue weighted by Gasteiger charge is -2.41. The van der Waals surface area contributed by atoms with E-state index in [0.717, 1.165) is 44.9 Å². The highest BCUT2D eigenvalue weighted by Crippen LogP contribution is 2.47. The van der Waals surface area contributed by atoms with Crippen molar-refractivity contribution in [3.8, 4) is 0 Å². The normalized spacial score (nSPS) is 22.2. The standard InChI is InChI=1S/C48H93O12P/c1-3-5-7-9-11-13-15-17-19-21-22-23-25-27-29-31-33-35-37-42(49)59-41(40-58-61(55,56)60-48-46(53)44(51)43(50)45(52)47(48)54)39-57-38-36-34-32-30-28-26-24-20-18-16-14-12-10-8-6-4-2/h19,21,41,43-48,50-54H,3-18,20,22-40H2,1-2H3,(H,55,56)/b21-19-. The monoisotopic (exact) mass is 893 g/mol. The first-order chi connectivity index (χ1) is 29.5. The van der Waals surface area contributed by atoms with Gasteiger partial charge in [0.2, 0.25) is 0 Å². The fourth-order valence-corrected chi connectivity index (χ4v) is 8.85. The summed E-state index contributed by atoms with van der Waals surface area (Å²) in [6.07, 6.45) is 31.3. The number of hydrogen-bond donors (Lipinski definition) is 6. The van der Waals surface area contributed by atoms with Crippen molar-refractivity contribution < 1.29 is 58.3 Å². The van der Waals surface area contributed by atoms with Gasteiger partial charge in [-0.25, -0.2) is 4.57 Å². The summed E-state index contributed by atoms with van der Waals surface area (Å²) in [6.45, 7) is 4.29. The molecule has 0 aliphatic heterocycles. The van der Waals surface area contributed by atoms with Crippen LogP contribution in [0.2, 0.25) is 0 Å². The molecule has 0 heterocycles. The van der Waals surface area contributed by atoms with Crippen LogP contribution in [0.5, 0.6) is 0 Å². The van der Waals surface area contributed by atoms with Gasteiger partial charge in [0.15, 0.2) is 0 Å². The Balaban J connectivity index is 2.35. The Morgan fingerprint density at radius 3 is 1.30 bits per heavy atom. The van der Waals surface area contributed by atoms with Crippen LogP contribution >= 0.6 is 7.82 Å². The molecule has 13 heteroatoms. The van der Waals surface area contributed by atoms with Crippen molar-refractivity contribution in [3.63, 3.8) is 0 Å². The largest absolute Gasteiger partial charge is 0.472 e. The van der Waals surface area contributed by atoms with E-state index in [1.807, 2.05) is 0 Å². The highest BCUT2D eigenvalue weighted by molar-refractivity contribution is 7.47. The number of allylic oxidation sites excluding steroid dienone is 2. The molecule has 1 saturated carbocycles. The topological polar surface area (TPSA) is 192 Å². The molecule has 12 nitrogen and oxygen atoms in total. The van der Waals surface area contributed by atoms with Gasteiger partial charge in [-0.1, -0.05) is 193 Å². The molecule has 0 saturated heterocycles. The molecule has 0 spiro atoms. The van der Waals surface area contributed by atoms with Gasteiger partial charge in [-0.2, -0.15) is 0 Å². The predicted molar refractivity (Wildman–Crippen MR) is 244 cm³/mol. The maximum Gasteiger partial charge on any atom is 0.472 e. The number of aliphatic hydroxyl groups is 5. The van der Waals surface area contributed by atoms with Crippen LogP contribution in [0.4, 0.5) is 0 Å². The average molecular weight is 893 g/mol. The third-order valence-electron chi connectivity index (χ3n) is 11.9. The zero-order valence-electron chi connectivity index (χ0n) is 38.7. The predicted octanol–water partition coefficient (Wildman–Crippen LogP) is 10.7. The number of unbranched alkanes of at least 4 members (excludes halogenated alkanes) is 29. The minimum Gasteiger partial charge on any atom is -0.457 e. The lowest BCUT2D eigenvalue weighted by atomic mass is 9.85. The van der Waals surface area contributed by atoms with Crippen molar-refractivity contribution in [3.05, 3.63) is 12.2 Å². The second-order valence-electron chi connectivity index (χ2n) is 17.7. The van der Waals surface area contributed by atoms with E-state index in [2.05, 4.69) is 26.0 Å². The summed E-state index contributed by atoms with van der Waals surface area (Å²) < 4.78 is 34.3. The van der Waals surface area contributed by atoms with E-state index in [-0.39, 0.29) is 13.0 Å². The van der Waals surface area contributed by atoms with E-state index in [9.17, 15) is 39.8 Å². The van der Waals surface area contributed by atoms with E-state index in [0.29, 0.717) is 13.0 Å². The smallest absolute Gasteiger partial charge is 0.457 e. The molecule has 6 N–H and O–H groups in total. The maximum atomic E-state index is 12.8. The van der Waals surface area contributed by atoms with Gasteiger partial charge in [0.1, 0.15) is 42.7 Å². The number of phosphoric ester groups is 1. The number of ether oxygens (including phenoxy) is 2. The van der Waals surface area contributed by atoms with Gasteiger partial charge < -0.3 is 39.9 Å². The molecule has 1 aliphatic rings. The Hall–Kier alpha value is -0.920. The lowest BCUT2D eigenvalue weighted by molar-refractivity contribution is -0.220. The van der Waals surface area contributed by atoms with Crippen LogP contribution in [0.25, 0.3) is 0 Å². The van der Waals surface area contributed by atoms with Crippen molar-refractivity contribution in [2.45, 2.75) is 268 Å². The summed E-state index contributed by atoms with van der Waals surface area (Å²) in [5.41, 5.74) is 0. The number of esters is 1. The number of rotatable bonds is 43. The van der Waals surface area contributed by atoms with E-state index < -0.39 is 63.1 Å². The average Bonchev–Trinajstić information content (AvgIpc) is 3.24. The van der Waals surface area contributed by atoms with Crippen LogP contribution in [0.3, 0.4) is 0 Å². The molecule has 362 valence electrons. The van der Waals surface area contributed by atoms with Gasteiger partial charge in [-0.15, -0.1) is 0 Å². The van der Waals surface area contributed by atoms with Crippen LogP contribution in [0, 0.1) is 0 Å². The zero-order valence-corrected chi connectivity index (χ0v) is 39.6. The van der Waals surface area contributed by atoms with Crippen LogP contribution in [-0.4, -0.2) is 98.9 Å². The van der Waals surface area contributed by atoms with Crippen molar-refractivity contribution in [1.82, 2.24) is 0 Å². The number of carbonyl (C=O) groups is 1. The van der Waals surface area contributed by atoms with Crippen LogP contribution in [0.15, 0.2) is 12.2 Å². The van der Waals surface area contributed by atoms with E-state index >= 15 is 0 Å². The second-order valence-corrected chi connectivity index (χ2v) is 19.1. The second kappa shape index (κ2) is 39.4. The van der Waals surface area contributed by atoms with Gasteiger partial charge in [-0.3, -0.25) is 13.8 Å². The SMILES string of the molecule is CCCCCCCCC/C=C\CCCCCCCCCC(=O)OC(COCCCCCCCCCCCCCCCCCC)COP(=O)(O)OC1C(O)C(O)C(O)C(O)C1O. The molecule has 6 atom stereocenters. The highest BCUT2D eigenvalue weighted by Gasteiger charge is 2.51. The molecule has 1 aliphatic carbocycles. The first-order valence-corrected chi connectivity index (χ1v) is 26.5. The summed E-state index contributed by atoms with van der Waals surface area (Å²) >= 11 is 0. The Labute approximate surface area is 371 Å². The maximum absolute atomic E-state index is 12.8. The summed E-state index contributed by atoms with van der Waals surface area (Å²) in [5, 5.41) is 50.2. The van der Waals surface area contributed by atoms with Crippen LogP contribution in [0.1, 0.15) is 226 Å². The first kappa shape index (κ1) is 58.1. The molecule has 1 rings (SSSR count). The number of aliphatic hydroxyl groups excluding tert-OH is 5. The van der Waals surface area contributed by atoms with Crippen LogP contribution < -0.4 is 0 Å². The quantitative estimate of drug-likeness (QED) is 0.0147. The summed E-state index contributed by atoms with van der Waals surface area (Å²) in [4.78, 5) is 23.2. The molecular formula is C48H93O12P. The summed E-state index contributed by atoms with van der Waals surface area (Å²) in [6, 6.07) is 0. The van der Waals surface area contributed by atoms with E-state index in [4.69, 9.17) is 18.5 Å². The minimum atomic E-state index is -5.02. The molecule has 0 aromatic carbocycles. The molecule has 0 aromatic heterocycles. The van der Waals surface area contributed by atoms with Gasteiger partial charge in [0.25, 0.3) is 0 Å². The number of carbonyl (C=O) groups excluding carboxylic acids is 1. The molecule has 61 heavy (non-hydrogen) atoms. The number of phosphoric acid groups is 1. The van der Waals surface area contributed by atoms with E-state index in [1.165, 1.54) is 154 Å². The van der Waals surface area contributed by atoms with E-state index in [1.54, 1.807) is 0 Å². The third-order valence-corrected chi connectivity index (χ3v) is 12.9. The van der Waals surface area contributed by atoms with Crippen molar-refractivity contribution in [2.75, 3.05) is 19.8 Å².